The van der Waals surface area contributed by atoms with Gasteiger partial charge in [-0.1, -0.05) is 43.2 Å². The summed E-state index contributed by atoms with van der Waals surface area (Å²) in [4.78, 5) is 25.0. The van der Waals surface area contributed by atoms with E-state index in [4.69, 9.17) is 10.5 Å². The molecule has 2 rings (SSSR count). The Balaban J connectivity index is 1.85. The molecule has 0 aromatic heterocycles. The van der Waals surface area contributed by atoms with Crippen LogP contribution in [0.4, 0.5) is 4.79 Å². The maximum Gasteiger partial charge on any atom is 0.410 e. The quantitative estimate of drug-likeness (QED) is 0.548. The average molecular weight is 348 g/mol. The van der Waals surface area contributed by atoms with Crippen LogP contribution >= 0.6 is 0 Å². The lowest BCUT2D eigenvalue weighted by Crippen LogP contribution is -2.47. The van der Waals surface area contributed by atoms with Gasteiger partial charge >= 0.3 is 12.1 Å². The van der Waals surface area contributed by atoms with Crippen molar-refractivity contribution in [2.75, 3.05) is 13.7 Å². The molecular weight excluding hydrogens is 320 g/mol. The summed E-state index contributed by atoms with van der Waals surface area (Å²) in [6.07, 6.45) is 3.57. The molecule has 1 aromatic carbocycles. The predicted molar refractivity (Wildman–Crippen MR) is 94.9 cm³/mol. The van der Waals surface area contributed by atoms with Gasteiger partial charge in [0.15, 0.2) is 0 Å². The van der Waals surface area contributed by atoms with E-state index >= 15 is 0 Å². The normalized spacial score (nSPS) is 19.4. The fourth-order valence-electron chi connectivity index (χ4n) is 3.19. The Hall–Kier alpha value is -2.08. The lowest BCUT2D eigenvalue weighted by molar-refractivity contribution is -0.140. The second-order valence-corrected chi connectivity index (χ2v) is 6.49. The molecule has 138 valence electrons. The zero-order chi connectivity index (χ0) is 18.2. The van der Waals surface area contributed by atoms with Gasteiger partial charge in [-0.2, -0.15) is 0 Å². The number of esters is 1. The largest absolute Gasteiger partial charge is 0.469 e. The molecule has 0 unspecified atom stereocenters. The Bertz CT molecular complexity index is 564. The summed E-state index contributed by atoms with van der Waals surface area (Å²) < 4.78 is 9.89. The van der Waals surface area contributed by atoms with Gasteiger partial charge in [-0.25, -0.2) is 4.79 Å². The van der Waals surface area contributed by atoms with E-state index < -0.39 is 0 Å². The van der Waals surface area contributed by atoms with Crippen LogP contribution in [0.5, 0.6) is 0 Å². The Kier molecular flexibility index (Phi) is 7.25. The van der Waals surface area contributed by atoms with E-state index in [-0.39, 0.29) is 30.2 Å². The number of nitrogens with zero attached hydrogens (tertiary/aromatic N) is 1. The SMILES string of the molecule is COC(=O)CCCCC[C@H](N)[C@@H](C)N1C(=O)OC[C@H]1c1ccccc1. The molecule has 0 spiro atoms. The Morgan fingerprint density at radius 2 is 2.04 bits per heavy atom. The Morgan fingerprint density at radius 1 is 1.32 bits per heavy atom. The van der Waals surface area contributed by atoms with E-state index in [1.807, 2.05) is 37.3 Å². The van der Waals surface area contributed by atoms with Crippen molar-refractivity contribution in [3.05, 3.63) is 35.9 Å². The number of nitrogens with two attached hydrogens (primary N) is 1. The van der Waals surface area contributed by atoms with Gasteiger partial charge in [-0.05, 0) is 25.3 Å². The summed E-state index contributed by atoms with van der Waals surface area (Å²) in [5, 5.41) is 0. The van der Waals surface area contributed by atoms with Crippen LogP contribution in [-0.4, -0.2) is 42.8 Å². The number of carbonyl (C=O) groups excluding carboxylic acids is 2. The molecule has 0 saturated carbocycles. The molecule has 2 N–H and O–H groups in total. The van der Waals surface area contributed by atoms with Crippen molar-refractivity contribution >= 4 is 12.1 Å². The lowest BCUT2D eigenvalue weighted by atomic mass is 9.98. The minimum atomic E-state index is -0.303. The molecule has 25 heavy (non-hydrogen) atoms. The van der Waals surface area contributed by atoms with E-state index in [2.05, 4.69) is 4.74 Å². The highest BCUT2D eigenvalue weighted by Crippen LogP contribution is 2.30. The molecule has 1 fully saturated rings. The van der Waals surface area contributed by atoms with Crippen LogP contribution in [0.1, 0.15) is 50.6 Å². The molecule has 1 aromatic rings. The van der Waals surface area contributed by atoms with Crippen LogP contribution in [-0.2, 0) is 14.3 Å². The van der Waals surface area contributed by atoms with Gasteiger partial charge in [-0.3, -0.25) is 9.69 Å². The van der Waals surface area contributed by atoms with E-state index in [1.54, 1.807) is 4.90 Å². The first-order valence-electron chi connectivity index (χ1n) is 8.87. The fraction of sp³-hybridized carbons (Fsp3) is 0.579. The van der Waals surface area contributed by atoms with Gasteiger partial charge in [0.25, 0.3) is 0 Å². The van der Waals surface area contributed by atoms with E-state index in [0.29, 0.717) is 13.0 Å². The number of ether oxygens (including phenoxy) is 2. The third kappa shape index (κ3) is 5.19. The van der Waals surface area contributed by atoms with Gasteiger partial charge in [0.05, 0.1) is 13.2 Å². The highest BCUT2D eigenvalue weighted by Gasteiger charge is 2.39. The van der Waals surface area contributed by atoms with Gasteiger partial charge in [0.1, 0.15) is 6.61 Å². The molecule has 0 bridgehead atoms. The predicted octanol–water partition coefficient (Wildman–Crippen LogP) is 3.02. The minimum Gasteiger partial charge on any atom is -0.469 e. The molecule has 6 heteroatoms. The molecule has 0 radical (unpaired) electrons. The van der Waals surface area contributed by atoms with Crippen molar-refractivity contribution in [1.29, 1.82) is 0 Å². The molecule has 1 saturated heterocycles. The summed E-state index contributed by atoms with van der Waals surface area (Å²) in [6, 6.07) is 9.55. The van der Waals surface area contributed by atoms with Crippen molar-refractivity contribution in [1.82, 2.24) is 4.90 Å². The number of amides is 1. The van der Waals surface area contributed by atoms with Gasteiger partial charge in [0.2, 0.25) is 0 Å². The van der Waals surface area contributed by atoms with Crippen molar-refractivity contribution < 1.29 is 19.1 Å². The standard InChI is InChI=1S/C19H28N2O4/c1-14(16(20)11-7-4-8-12-18(22)24-2)21-17(13-25-19(21)23)15-9-5-3-6-10-15/h3,5-6,9-10,14,16-17H,4,7-8,11-13,20H2,1-2H3/t14-,16+,17+/m1/s1. The molecule has 6 nitrogen and oxygen atoms in total. The lowest BCUT2D eigenvalue weighted by Gasteiger charge is -2.32. The molecule has 0 aliphatic carbocycles. The first kappa shape index (κ1) is 19.2. The van der Waals surface area contributed by atoms with Crippen LogP contribution in [0.2, 0.25) is 0 Å². The summed E-state index contributed by atoms with van der Waals surface area (Å²) in [5.74, 6) is -0.178. The second kappa shape index (κ2) is 9.42. The third-order valence-corrected chi connectivity index (χ3v) is 4.80. The Labute approximate surface area is 149 Å². The maximum atomic E-state index is 12.2. The smallest absolute Gasteiger partial charge is 0.410 e. The summed E-state index contributed by atoms with van der Waals surface area (Å²) >= 11 is 0. The second-order valence-electron chi connectivity index (χ2n) is 6.49. The zero-order valence-corrected chi connectivity index (χ0v) is 15.0. The molecule has 1 heterocycles. The average Bonchev–Trinajstić information content (AvgIpc) is 3.02. The van der Waals surface area contributed by atoms with E-state index in [1.165, 1.54) is 7.11 Å². The molecule has 1 aliphatic rings. The summed E-state index contributed by atoms with van der Waals surface area (Å²) in [5.41, 5.74) is 7.39. The zero-order valence-electron chi connectivity index (χ0n) is 15.0. The molecule has 1 amide bonds. The number of unbranched alkanes of at least 4 members (excludes halogenated alkanes) is 2. The number of hydrogen-bond acceptors (Lipinski definition) is 5. The van der Waals surface area contributed by atoms with E-state index in [0.717, 1.165) is 31.2 Å². The third-order valence-electron chi connectivity index (χ3n) is 4.80. The van der Waals surface area contributed by atoms with Crippen LogP contribution < -0.4 is 5.73 Å². The van der Waals surface area contributed by atoms with Gasteiger partial charge in [0, 0.05) is 18.5 Å². The van der Waals surface area contributed by atoms with Gasteiger partial charge in [-0.15, -0.1) is 0 Å². The van der Waals surface area contributed by atoms with Crippen molar-refractivity contribution in [2.24, 2.45) is 5.73 Å². The first-order valence-corrected chi connectivity index (χ1v) is 8.87. The van der Waals surface area contributed by atoms with Crippen molar-refractivity contribution in [3.8, 4) is 0 Å². The number of carbonyl (C=O) groups is 2. The van der Waals surface area contributed by atoms with Crippen LogP contribution in [0.3, 0.4) is 0 Å². The van der Waals surface area contributed by atoms with E-state index in [9.17, 15) is 9.59 Å². The highest BCUT2D eigenvalue weighted by atomic mass is 16.6. The first-order chi connectivity index (χ1) is 12.0. The van der Waals surface area contributed by atoms with Crippen LogP contribution in [0.25, 0.3) is 0 Å². The van der Waals surface area contributed by atoms with Crippen molar-refractivity contribution in [3.63, 3.8) is 0 Å². The number of cyclic esters (lactones) is 1. The number of hydrogen-bond donors (Lipinski definition) is 1. The molecule has 1 aliphatic heterocycles. The van der Waals surface area contributed by atoms with Crippen molar-refractivity contribution in [2.45, 2.75) is 57.2 Å². The summed E-state index contributed by atoms with van der Waals surface area (Å²) in [6.45, 7) is 2.33. The van der Waals surface area contributed by atoms with Crippen LogP contribution in [0, 0.1) is 0 Å². The molecular formula is C19H28N2O4. The highest BCUT2D eigenvalue weighted by molar-refractivity contribution is 5.71. The van der Waals surface area contributed by atoms with Gasteiger partial charge < -0.3 is 15.2 Å². The van der Waals surface area contributed by atoms with Crippen LogP contribution in [0.15, 0.2) is 30.3 Å². The monoisotopic (exact) mass is 348 g/mol. The Morgan fingerprint density at radius 3 is 2.72 bits per heavy atom. The fourth-order valence-corrected chi connectivity index (χ4v) is 3.19. The number of benzene rings is 1. The topological polar surface area (TPSA) is 81.9 Å². The number of rotatable bonds is 9. The molecule has 3 atom stereocenters. The minimum absolute atomic E-state index is 0.0888. The summed E-state index contributed by atoms with van der Waals surface area (Å²) in [7, 11) is 1.40. The number of methoxy groups -OCH3 is 1. The maximum absolute atomic E-state index is 12.2.